The second kappa shape index (κ2) is 7.66. The highest BCUT2D eigenvalue weighted by molar-refractivity contribution is 5.49. The largest absolute Gasteiger partial charge is 0.394 e. The smallest absolute Gasteiger partial charge is 0.134 e. The summed E-state index contributed by atoms with van der Waals surface area (Å²) in [7, 11) is 0. The number of anilines is 2. The van der Waals surface area contributed by atoms with Crippen molar-refractivity contribution in [3.8, 4) is 0 Å². The Morgan fingerprint density at radius 3 is 2.85 bits per heavy atom. The summed E-state index contributed by atoms with van der Waals surface area (Å²) in [6.07, 6.45) is 5.48. The third-order valence-electron chi connectivity index (χ3n) is 6.24. The van der Waals surface area contributed by atoms with Gasteiger partial charge in [0, 0.05) is 37.6 Å². The molecule has 7 heteroatoms. The predicted molar refractivity (Wildman–Crippen MR) is 101 cm³/mol. The summed E-state index contributed by atoms with van der Waals surface area (Å²) in [5.74, 6) is 1.52. The summed E-state index contributed by atoms with van der Waals surface area (Å²) in [6, 6.07) is 2.02. The van der Waals surface area contributed by atoms with Crippen molar-refractivity contribution >= 4 is 11.6 Å². The Balaban J connectivity index is 1.64. The SMILES string of the molecule is CCOC1CC(O)(CNc2cc(N3CCCCC3CO)ncn2)C1(C)C. The van der Waals surface area contributed by atoms with Crippen LogP contribution in [0, 0.1) is 5.41 Å². The molecular formula is C19H32N4O3. The topological polar surface area (TPSA) is 90.7 Å². The molecule has 3 unspecified atom stereocenters. The van der Waals surface area contributed by atoms with Gasteiger partial charge in [0.25, 0.3) is 0 Å². The fourth-order valence-corrected chi connectivity index (χ4v) is 4.09. The van der Waals surface area contributed by atoms with Gasteiger partial charge in [-0.1, -0.05) is 13.8 Å². The van der Waals surface area contributed by atoms with Gasteiger partial charge in [0.05, 0.1) is 24.4 Å². The van der Waals surface area contributed by atoms with Gasteiger partial charge in [0.2, 0.25) is 0 Å². The first-order valence-corrected chi connectivity index (χ1v) is 9.68. The van der Waals surface area contributed by atoms with E-state index in [0.29, 0.717) is 25.4 Å². The number of aromatic nitrogens is 2. The van der Waals surface area contributed by atoms with E-state index in [1.165, 1.54) is 0 Å². The van der Waals surface area contributed by atoms with Crippen molar-refractivity contribution < 1.29 is 14.9 Å². The van der Waals surface area contributed by atoms with Crippen LogP contribution in [0.1, 0.15) is 46.5 Å². The average molecular weight is 364 g/mol. The molecule has 1 saturated heterocycles. The van der Waals surface area contributed by atoms with Gasteiger partial charge in [-0.3, -0.25) is 0 Å². The first-order valence-electron chi connectivity index (χ1n) is 9.68. The van der Waals surface area contributed by atoms with Gasteiger partial charge in [-0.15, -0.1) is 0 Å². The molecule has 26 heavy (non-hydrogen) atoms. The number of rotatable bonds is 7. The van der Waals surface area contributed by atoms with E-state index >= 15 is 0 Å². The molecule has 1 aromatic rings. The zero-order valence-electron chi connectivity index (χ0n) is 16.1. The lowest BCUT2D eigenvalue weighted by Crippen LogP contribution is -2.67. The summed E-state index contributed by atoms with van der Waals surface area (Å²) in [4.78, 5) is 10.8. The Kier molecular flexibility index (Phi) is 5.69. The monoisotopic (exact) mass is 364 g/mol. The molecule has 1 aliphatic carbocycles. The summed E-state index contributed by atoms with van der Waals surface area (Å²) in [5, 5.41) is 23.9. The predicted octanol–water partition coefficient (Wildman–Crippen LogP) is 1.81. The highest BCUT2D eigenvalue weighted by Gasteiger charge is 2.59. The first-order chi connectivity index (χ1) is 12.4. The Morgan fingerprint density at radius 1 is 1.35 bits per heavy atom. The lowest BCUT2D eigenvalue weighted by atomic mass is 9.56. The van der Waals surface area contributed by atoms with Gasteiger partial charge in [0.1, 0.15) is 18.0 Å². The normalized spacial score (nSPS) is 30.7. The molecule has 2 fully saturated rings. The van der Waals surface area contributed by atoms with E-state index in [-0.39, 0.29) is 24.2 Å². The molecule has 2 heterocycles. The Morgan fingerprint density at radius 2 is 2.15 bits per heavy atom. The Hall–Kier alpha value is -1.44. The van der Waals surface area contributed by atoms with Crippen molar-refractivity contribution in [2.45, 2.75) is 64.2 Å². The number of hydrogen-bond acceptors (Lipinski definition) is 7. The van der Waals surface area contributed by atoms with Crippen LogP contribution in [-0.4, -0.2) is 64.2 Å². The number of nitrogens with zero attached hydrogens (tertiary/aromatic N) is 3. The zero-order chi connectivity index (χ0) is 18.8. The minimum absolute atomic E-state index is 0.0823. The van der Waals surface area contributed by atoms with E-state index in [9.17, 15) is 10.2 Å². The highest BCUT2D eigenvalue weighted by Crippen LogP contribution is 2.51. The molecule has 0 amide bonds. The van der Waals surface area contributed by atoms with Crippen LogP contribution in [-0.2, 0) is 4.74 Å². The lowest BCUT2D eigenvalue weighted by Gasteiger charge is -2.58. The molecule has 1 aliphatic heterocycles. The van der Waals surface area contributed by atoms with Crippen LogP contribution in [0.5, 0.6) is 0 Å². The van der Waals surface area contributed by atoms with Crippen molar-refractivity contribution in [2.75, 3.05) is 36.5 Å². The van der Waals surface area contributed by atoms with Crippen LogP contribution in [0.4, 0.5) is 11.6 Å². The van der Waals surface area contributed by atoms with E-state index in [1.807, 2.05) is 26.8 Å². The van der Waals surface area contributed by atoms with Crippen molar-refractivity contribution in [1.82, 2.24) is 9.97 Å². The number of piperidine rings is 1. The molecule has 3 rings (SSSR count). The van der Waals surface area contributed by atoms with Crippen LogP contribution in [0.3, 0.4) is 0 Å². The quantitative estimate of drug-likeness (QED) is 0.680. The standard InChI is InChI=1S/C19H32N4O3/c1-4-26-15-10-19(25,18(15,2)3)12-20-16-9-17(22-13-21-16)23-8-6-5-7-14(23)11-24/h9,13-15,24-25H,4-8,10-12H2,1-3H3,(H,20,21,22). The van der Waals surface area contributed by atoms with Gasteiger partial charge in [-0.25, -0.2) is 9.97 Å². The second-order valence-corrected chi connectivity index (χ2v) is 8.04. The fourth-order valence-electron chi connectivity index (χ4n) is 4.09. The number of ether oxygens (including phenoxy) is 1. The molecule has 1 aromatic heterocycles. The third kappa shape index (κ3) is 3.52. The molecular weight excluding hydrogens is 332 g/mol. The molecule has 3 N–H and O–H groups in total. The summed E-state index contributed by atoms with van der Waals surface area (Å²) < 4.78 is 5.72. The number of nitrogens with one attached hydrogen (secondary N) is 1. The van der Waals surface area contributed by atoms with E-state index in [4.69, 9.17) is 4.74 Å². The number of hydrogen-bond donors (Lipinski definition) is 3. The van der Waals surface area contributed by atoms with Gasteiger partial charge < -0.3 is 25.2 Å². The van der Waals surface area contributed by atoms with Crippen LogP contribution < -0.4 is 10.2 Å². The third-order valence-corrected chi connectivity index (χ3v) is 6.24. The van der Waals surface area contributed by atoms with Crippen LogP contribution in [0.15, 0.2) is 12.4 Å². The minimum Gasteiger partial charge on any atom is -0.394 e. The summed E-state index contributed by atoms with van der Waals surface area (Å²) in [5.41, 5.74) is -1.13. The molecule has 146 valence electrons. The maximum Gasteiger partial charge on any atom is 0.134 e. The highest BCUT2D eigenvalue weighted by atomic mass is 16.5. The van der Waals surface area contributed by atoms with Gasteiger partial charge in [0.15, 0.2) is 0 Å². The first kappa shape index (κ1) is 19.3. The van der Waals surface area contributed by atoms with E-state index < -0.39 is 5.60 Å². The van der Waals surface area contributed by atoms with Crippen molar-refractivity contribution in [3.63, 3.8) is 0 Å². The van der Waals surface area contributed by atoms with Gasteiger partial charge >= 0.3 is 0 Å². The molecule has 7 nitrogen and oxygen atoms in total. The maximum atomic E-state index is 11.0. The molecule has 1 saturated carbocycles. The summed E-state index contributed by atoms with van der Waals surface area (Å²) >= 11 is 0. The van der Waals surface area contributed by atoms with Crippen molar-refractivity contribution in [3.05, 3.63) is 12.4 Å². The molecule has 3 atom stereocenters. The van der Waals surface area contributed by atoms with Crippen molar-refractivity contribution in [1.29, 1.82) is 0 Å². The van der Waals surface area contributed by atoms with E-state index in [2.05, 4.69) is 20.2 Å². The van der Waals surface area contributed by atoms with Crippen LogP contribution in [0.25, 0.3) is 0 Å². The minimum atomic E-state index is -0.823. The number of aliphatic hydroxyl groups excluding tert-OH is 1. The van der Waals surface area contributed by atoms with E-state index in [1.54, 1.807) is 6.33 Å². The average Bonchev–Trinajstić information content (AvgIpc) is 2.66. The van der Waals surface area contributed by atoms with E-state index in [0.717, 1.165) is 31.6 Å². The lowest BCUT2D eigenvalue weighted by molar-refractivity contribution is -0.233. The van der Waals surface area contributed by atoms with Crippen LogP contribution in [0.2, 0.25) is 0 Å². The maximum absolute atomic E-state index is 11.0. The number of aliphatic hydroxyl groups is 2. The zero-order valence-corrected chi connectivity index (χ0v) is 16.1. The van der Waals surface area contributed by atoms with Gasteiger partial charge in [-0.05, 0) is 26.2 Å². The second-order valence-electron chi connectivity index (χ2n) is 8.04. The van der Waals surface area contributed by atoms with Crippen LogP contribution >= 0.6 is 0 Å². The molecule has 0 radical (unpaired) electrons. The molecule has 2 aliphatic rings. The molecule has 0 aromatic carbocycles. The van der Waals surface area contributed by atoms with Crippen molar-refractivity contribution in [2.24, 2.45) is 5.41 Å². The summed E-state index contributed by atoms with van der Waals surface area (Å²) in [6.45, 7) is 8.19. The Bertz CT molecular complexity index is 612. The Labute approximate surface area is 155 Å². The van der Waals surface area contributed by atoms with Gasteiger partial charge in [-0.2, -0.15) is 0 Å². The fraction of sp³-hybridized carbons (Fsp3) is 0.789. The molecule has 0 spiro atoms. The molecule has 0 bridgehead atoms.